The van der Waals surface area contributed by atoms with Crippen molar-refractivity contribution in [3.8, 4) is 0 Å². The molecule has 0 saturated carbocycles. The van der Waals surface area contributed by atoms with E-state index in [9.17, 15) is 4.79 Å². The molecule has 0 unspecified atom stereocenters. The summed E-state index contributed by atoms with van der Waals surface area (Å²) in [6, 6.07) is 7.68. The van der Waals surface area contributed by atoms with Crippen molar-refractivity contribution < 1.29 is 4.79 Å². The van der Waals surface area contributed by atoms with Crippen LogP contribution in [0.4, 0.5) is 0 Å². The van der Waals surface area contributed by atoms with E-state index < -0.39 is 7.92 Å². The molecule has 1 aromatic rings. The molecular formula is C13H18BrOP. The Morgan fingerprint density at radius 1 is 1.06 bits per heavy atom. The zero-order valence-electron chi connectivity index (χ0n) is 10.2. The van der Waals surface area contributed by atoms with Gasteiger partial charge in [-0.05, 0) is 43.5 Å². The summed E-state index contributed by atoms with van der Waals surface area (Å²) in [6.45, 7) is 8.57. The molecule has 0 aromatic heterocycles. The summed E-state index contributed by atoms with van der Waals surface area (Å²) in [6.07, 6.45) is 0. The normalized spacial score (nSPS) is 11.5. The molecule has 0 fully saturated rings. The number of carbonyl (C=O) groups excluding carboxylic acids is 1. The number of hydrogen-bond donors (Lipinski definition) is 0. The second-order valence-electron chi connectivity index (χ2n) is 4.41. The molecule has 0 aliphatic carbocycles. The summed E-state index contributed by atoms with van der Waals surface area (Å²) in [7, 11) is -0.580. The topological polar surface area (TPSA) is 17.1 Å². The van der Waals surface area contributed by atoms with Gasteiger partial charge in [-0.1, -0.05) is 43.6 Å². The highest BCUT2D eigenvalue weighted by Gasteiger charge is 2.25. The van der Waals surface area contributed by atoms with Crippen LogP contribution in [-0.4, -0.2) is 16.8 Å². The van der Waals surface area contributed by atoms with E-state index in [1.165, 1.54) is 0 Å². The van der Waals surface area contributed by atoms with Gasteiger partial charge >= 0.3 is 0 Å². The van der Waals surface area contributed by atoms with Gasteiger partial charge in [-0.25, -0.2) is 0 Å². The van der Waals surface area contributed by atoms with Crippen LogP contribution in [0.5, 0.6) is 0 Å². The Kier molecular flexibility index (Phi) is 5.14. The first-order valence-corrected chi connectivity index (χ1v) is 7.79. The molecule has 1 nitrogen and oxygen atoms in total. The molecular weight excluding hydrogens is 283 g/mol. The van der Waals surface area contributed by atoms with Crippen LogP contribution in [0.25, 0.3) is 0 Å². The Labute approximate surface area is 108 Å². The van der Waals surface area contributed by atoms with Crippen molar-refractivity contribution in [3.05, 3.63) is 34.3 Å². The van der Waals surface area contributed by atoms with Crippen molar-refractivity contribution in [2.24, 2.45) is 0 Å². The number of carbonyl (C=O) groups is 1. The van der Waals surface area contributed by atoms with Crippen molar-refractivity contribution in [1.29, 1.82) is 0 Å². The zero-order chi connectivity index (χ0) is 12.3. The lowest BCUT2D eigenvalue weighted by molar-refractivity contribution is 0.108. The van der Waals surface area contributed by atoms with Crippen LogP contribution in [0, 0.1) is 0 Å². The van der Waals surface area contributed by atoms with Gasteiger partial charge in [-0.15, -0.1) is 0 Å². The summed E-state index contributed by atoms with van der Waals surface area (Å²) in [4.78, 5) is 12.4. The van der Waals surface area contributed by atoms with Gasteiger partial charge in [0.1, 0.15) is 0 Å². The van der Waals surface area contributed by atoms with Crippen LogP contribution in [0.15, 0.2) is 28.7 Å². The average Bonchev–Trinajstić information content (AvgIpc) is 2.17. The van der Waals surface area contributed by atoms with Crippen LogP contribution in [-0.2, 0) is 0 Å². The maximum Gasteiger partial charge on any atom is 0.184 e. The first-order chi connectivity index (χ1) is 7.43. The third-order valence-electron chi connectivity index (χ3n) is 2.44. The van der Waals surface area contributed by atoms with Gasteiger partial charge in [-0.3, -0.25) is 4.79 Å². The van der Waals surface area contributed by atoms with E-state index in [0.29, 0.717) is 16.8 Å². The smallest absolute Gasteiger partial charge is 0.184 e. The Morgan fingerprint density at radius 3 is 1.88 bits per heavy atom. The van der Waals surface area contributed by atoms with Crippen molar-refractivity contribution in [2.45, 2.75) is 39.0 Å². The summed E-state index contributed by atoms with van der Waals surface area (Å²) in [5, 5.41) is 0. The highest BCUT2D eigenvalue weighted by atomic mass is 79.9. The molecule has 3 heteroatoms. The lowest BCUT2D eigenvalue weighted by atomic mass is 10.2. The molecule has 1 aromatic carbocycles. The van der Waals surface area contributed by atoms with E-state index in [0.717, 1.165) is 10.0 Å². The van der Waals surface area contributed by atoms with Gasteiger partial charge in [0, 0.05) is 10.0 Å². The number of halogens is 1. The van der Waals surface area contributed by atoms with E-state index in [4.69, 9.17) is 0 Å². The summed E-state index contributed by atoms with van der Waals surface area (Å²) >= 11 is 3.38. The van der Waals surface area contributed by atoms with Crippen LogP contribution >= 0.6 is 23.9 Å². The van der Waals surface area contributed by atoms with Crippen molar-refractivity contribution in [1.82, 2.24) is 0 Å². The second-order valence-corrected chi connectivity index (χ2v) is 8.61. The van der Waals surface area contributed by atoms with E-state index in [1.807, 2.05) is 24.3 Å². The highest BCUT2D eigenvalue weighted by Crippen LogP contribution is 2.48. The molecule has 0 heterocycles. The van der Waals surface area contributed by atoms with E-state index in [2.05, 4.69) is 43.6 Å². The van der Waals surface area contributed by atoms with E-state index in [1.54, 1.807) is 0 Å². The molecule has 0 aliphatic heterocycles. The minimum absolute atomic E-state index is 0.326. The Morgan fingerprint density at radius 2 is 1.50 bits per heavy atom. The van der Waals surface area contributed by atoms with Crippen LogP contribution < -0.4 is 0 Å². The zero-order valence-corrected chi connectivity index (χ0v) is 12.7. The summed E-state index contributed by atoms with van der Waals surface area (Å²) < 4.78 is 1.02. The van der Waals surface area contributed by atoms with Gasteiger partial charge < -0.3 is 0 Å². The molecule has 0 saturated heterocycles. The lowest BCUT2D eigenvalue weighted by Gasteiger charge is -2.23. The van der Waals surface area contributed by atoms with Gasteiger partial charge in [0.2, 0.25) is 0 Å². The minimum Gasteiger partial charge on any atom is -0.289 e. The Balaban J connectivity index is 2.95. The fourth-order valence-electron chi connectivity index (χ4n) is 1.81. The highest BCUT2D eigenvalue weighted by molar-refractivity contribution is 9.10. The SMILES string of the molecule is CC(C)P(C(=O)c1ccc(Br)cc1)C(C)C. The van der Waals surface area contributed by atoms with Gasteiger partial charge in [0.05, 0.1) is 0 Å². The van der Waals surface area contributed by atoms with Crippen LogP contribution in [0.2, 0.25) is 0 Å². The number of rotatable bonds is 4. The fourth-order valence-corrected chi connectivity index (χ4v) is 4.65. The summed E-state index contributed by atoms with van der Waals surface area (Å²) in [5.74, 6) is 0. The van der Waals surface area contributed by atoms with Crippen molar-refractivity contribution in [3.63, 3.8) is 0 Å². The monoisotopic (exact) mass is 300 g/mol. The fraction of sp³-hybridized carbons (Fsp3) is 0.462. The molecule has 0 radical (unpaired) electrons. The summed E-state index contributed by atoms with van der Waals surface area (Å²) in [5.41, 5.74) is 2.07. The Hall–Kier alpha value is -0.200. The van der Waals surface area contributed by atoms with Gasteiger partial charge in [0.15, 0.2) is 5.52 Å². The predicted octanol–water partition coefficient (Wildman–Crippen LogP) is 4.89. The van der Waals surface area contributed by atoms with Crippen molar-refractivity contribution in [2.75, 3.05) is 0 Å². The molecule has 0 N–H and O–H groups in total. The standard InChI is InChI=1S/C13H18BrOP/c1-9(2)16(10(3)4)13(15)11-5-7-12(14)8-6-11/h5-10H,1-4H3. The molecule has 0 spiro atoms. The van der Waals surface area contributed by atoms with Crippen LogP contribution in [0.3, 0.4) is 0 Å². The molecule has 0 aliphatic rings. The van der Waals surface area contributed by atoms with E-state index in [-0.39, 0.29) is 0 Å². The number of hydrogen-bond acceptors (Lipinski definition) is 1. The maximum absolute atomic E-state index is 12.4. The Bertz CT molecular complexity index is 349. The molecule has 0 bridgehead atoms. The largest absolute Gasteiger partial charge is 0.289 e. The number of benzene rings is 1. The first kappa shape index (κ1) is 13.9. The maximum atomic E-state index is 12.4. The van der Waals surface area contributed by atoms with E-state index >= 15 is 0 Å². The third-order valence-corrected chi connectivity index (χ3v) is 5.92. The van der Waals surface area contributed by atoms with Crippen LogP contribution in [0.1, 0.15) is 38.1 Å². The van der Waals surface area contributed by atoms with Gasteiger partial charge in [0.25, 0.3) is 0 Å². The third kappa shape index (κ3) is 3.40. The molecule has 0 atom stereocenters. The van der Waals surface area contributed by atoms with Gasteiger partial charge in [-0.2, -0.15) is 0 Å². The lowest BCUT2D eigenvalue weighted by Crippen LogP contribution is -2.12. The van der Waals surface area contributed by atoms with Crippen molar-refractivity contribution >= 4 is 29.4 Å². The predicted molar refractivity (Wildman–Crippen MR) is 75.7 cm³/mol. The average molecular weight is 301 g/mol. The first-order valence-electron chi connectivity index (χ1n) is 5.51. The quantitative estimate of drug-likeness (QED) is 0.724. The molecule has 16 heavy (non-hydrogen) atoms. The molecule has 0 amide bonds. The molecule has 88 valence electrons. The minimum atomic E-state index is -0.580. The molecule has 1 rings (SSSR count). The second kappa shape index (κ2) is 5.93.